The van der Waals surface area contributed by atoms with Gasteiger partial charge in [-0.05, 0) is 58.7 Å². The van der Waals surface area contributed by atoms with E-state index in [-0.39, 0.29) is 0 Å². The van der Waals surface area contributed by atoms with E-state index < -0.39 is 0 Å². The van der Waals surface area contributed by atoms with Crippen LogP contribution in [0, 0.1) is 0 Å². The molecule has 0 spiro atoms. The second kappa shape index (κ2) is 8.19. The Morgan fingerprint density at radius 1 is 0.357 bits per heavy atom. The molecule has 0 saturated carbocycles. The van der Waals surface area contributed by atoms with E-state index in [2.05, 4.69) is 48.5 Å². The first kappa shape index (κ1) is 19.4. The average molecular weight is 444 g/mol. The Morgan fingerprint density at radius 3 is 1.04 bits per heavy atom. The van der Waals surface area contributed by atoms with Gasteiger partial charge in [-0.3, -0.25) is 0 Å². The summed E-state index contributed by atoms with van der Waals surface area (Å²) in [5.41, 5.74) is 6.13. The molecule has 0 unspecified atom stereocenters. The fraction of sp³-hybridized carbons (Fsp3) is 0. The standard InChI is InChI=1S/C24H14Cl4/c25-19-9-11-23(27)21(13-19)17-5-1-15(2-6-17)16-3-7-18(8-4-16)22-14-20(26)10-12-24(22)28/h1-14H. The highest BCUT2D eigenvalue weighted by molar-refractivity contribution is 6.36. The lowest BCUT2D eigenvalue weighted by molar-refractivity contribution is 1.57. The molecular formula is C24H14Cl4. The van der Waals surface area contributed by atoms with Crippen LogP contribution in [0.25, 0.3) is 33.4 Å². The number of benzene rings is 4. The maximum atomic E-state index is 6.31. The van der Waals surface area contributed by atoms with Crippen molar-refractivity contribution in [2.24, 2.45) is 0 Å². The van der Waals surface area contributed by atoms with Gasteiger partial charge in [-0.2, -0.15) is 0 Å². The topological polar surface area (TPSA) is 0 Å². The molecule has 0 aliphatic carbocycles. The van der Waals surface area contributed by atoms with Crippen LogP contribution in [-0.2, 0) is 0 Å². The third-order valence-electron chi connectivity index (χ3n) is 4.58. The van der Waals surface area contributed by atoms with Gasteiger partial charge < -0.3 is 0 Å². The zero-order valence-corrected chi connectivity index (χ0v) is 17.6. The van der Waals surface area contributed by atoms with Crippen LogP contribution in [0.2, 0.25) is 20.1 Å². The van der Waals surface area contributed by atoms with Crippen molar-refractivity contribution in [3.63, 3.8) is 0 Å². The van der Waals surface area contributed by atoms with Gasteiger partial charge in [0.05, 0.1) is 0 Å². The van der Waals surface area contributed by atoms with E-state index in [1.165, 1.54) is 0 Å². The molecule has 0 bridgehead atoms. The third-order valence-corrected chi connectivity index (χ3v) is 5.71. The molecule has 0 N–H and O–H groups in total. The summed E-state index contributed by atoms with van der Waals surface area (Å²) in [6, 6.07) is 27.5. The molecule has 0 atom stereocenters. The van der Waals surface area contributed by atoms with Crippen LogP contribution < -0.4 is 0 Å². The first-order valence-electron chi connectivity index (χ1n) is 8.62. The van der Waals surface area contributed by atoms with Crippen LogP contribution in [-0.4, -0.2) is 0 Å². The molecule has 28 heavy (non-hydrogen) atoms. The maximum absolute atomic E-state index is 6.31. The number of halogens is 4. The van der Waals surface area contributed by atoms with Crippen LogP contribution >= 0.6 is 46.4 Å². The summed E-state index contributed by atoms with van der Waals surface area (Å²) in [6.07, 6.45) is 0. The van der Waals surface area contributed by atoms with E-state index in [9.17, 15) is 0 Å². The average Bonchev–Trinajstić information content (AvgIpc) is 2.72. The second-order valence-corrected chi connectivity index (χ2v) is 8.09. The van der Waals surface area contributed by atoms with E-state index >= 15 is 0 Å². The van der Waals surface area contributed by atoms with Crippen LogP contribution in [0.5, 0.6) is 0 Å². The molecular weight excluding hydrogens is 430 g/mol. The van der Waals surface area contributed by atoms with Crippen molar-refractivity contribution in [3.05, 3.63) is 105 Å². The van der Waals surface area contributed by atoms with Crippen LogP contribution in [0.4, 0.5) is 0 Å². The molecule has 0 fully saturated rings. The summed E-state index contributed by atoms with van der Waals surface area (Å²) in [7, 11) is 0. The van der Waals surface area contributed by atoms with Gasteiger partial charge in [-0.15, -0.1) is 0 Å². The molecule has 0 amide bonds. The van der Waals surface area contributed by atoms with Crippen molar-refractivity contribution in [2.75, 3.05) is 0 Å². The summed E-state index contributed by atoms with van der Waals surface area (Å²) in [5, 5.41) is 2.69. The van der Waals surface area contributed by atoms with E-state index in [0.717, 1.165) is 33.4 Å². The lowest BCUT2D eigenvalue weighted by Crippen LogP contribution is -1.84. The Bertz CT molecular complexity index is 1040. The highest BCUT2D eigenvalue weighted by Crippen LogP contribution is 2.34. The molecule has 0 saturated heterocycles. The molecule has 4 heteroatoms. The summed E-state index contributed by atoms with van der Waals surface area (Å²) >= 11 is 24.8. The van der Waals surface area contributed by atoms with E-state index in [4.69, 9.17) is 46.4 Å². The molecule has 4 aromatic rings. The molecule has 4 rings (SSSR count). The Hall–Kier alpha value is -1.96. The highest BCUT2D eigenvalue weighted by Gasteiger charge is 2.07. The van der Waals surface area contributed by atoms with Crippen molar-refractivity contribution < 1.29 is 0 Å². The fourth-order valence-electron chi connectivity index (χ4n) is 3.12. The summed E-state index contributed by atoms with van der Waals surface area (Å²) in [6.45, 7) is 0. The van der Waals surface area contributed by atoms with Crippen molar-refractivity contribution in [1.29, 1.82) is 0 Å². The SMILES string of the molecule is Clc1ccc(Cl)c(-c2ccc(-c3ccc(-c4cc(Cl)ccc4Cl)cc3)cc2)c1. The third kappa shape index (κ3) is 4.06. The lowest BCUT2D eigenvalue weighted by atomic mass is 9.98. The molecule has 4 aromatic carbocycles. The van der Waals surface area contributed by atoms with E-state index in [1.807, 2.05) is 24.3 Å². The van der Waals surface area contributed by atoms with E-state index in [1.54, 1.807) is 12.1 Å². The number of hydrogen-bond donors (Lipinski definition) is 0. The highest BCUT2D eigenvalue weighted by atomic mass is 35.5. The van der Waals surface area contributed by atoms with Gasteiger partial charge in [0.25, 0.3) is 0 Å². The summed E-state index contributed by atoms with van der Waals surface area (Å²) in [5.74, 6) is 0. The minimum atomic E-state index is 0.666. The van der Waals surface area contributed by atoms with Crippen molar-refractivity contribution >= 4 is 46.4 Å². The largest absolute Gasteiger partial charge is 0.0843 e. The molecule has 0 aromatic heterocycles. The van der Waals surface area contributed by atoms with E-state index in [0.29, 0.717) is 20.1 Å². The molecule has 0 radical (unpaired) electrons. The van der Waals surface area contributed by atoms with Crippen molar-refractivity contribution in [3.8, 4) is 33.4 Å². The molecule has 0 aliphatic rings. The molecule has 0 heterocycles. The summed E-state index contributed by atoms with van der Waals surface area (Å²) < 4.78 is 0. The molecule has 138 valence electrons. The normalized spacial score (nSPS) is 10.9. The zero-order chi connectivity index (χ0) is 19.7. The van der Waals surface area contributed by atoms with Crippen LogP contribution in [0.15, 0.2) is 84.9 Å². The second-order valence-electron chi connectivity index (χ2n) is 6.40. The van der Waals surface area contributed by atoms with Gasteiger partial charge in [0.1, 0.15) is 0 Å². The Kier molecular flexibility index (Phi) is 5.66. The predicted molar refractivity (Wildman–Crippen MR) is 123 cm³/mol. The first-order valence-corrected chi connectivity index (χ1v) is 10.1. The smallest absolute Gasteiger partial charge is 0.0485 e. The van der Waals surface area contributed by atoms with Crippen molar-refractivity contribution in [1.82, 2.24) is 0 Å². The Balaban J connectivity index is 1.63. The van der Waals surface area contributed by atoms with Gasteiger partial charge >= 0.3 is 0 Å². The van der Waals surface area contributed by atoms with Gasteiger partial charge in [0.15, 0.2) is 0 Å². The van der Waals surface area contributed by atoms with Gasteiger partial charge in [-0.1, -0.05) is 94.9 Å². The minimum absolute atomic E-state index is 0.666. The minimum Gasteiger partial charge on any atom is -0.0843 e. The zero-order valence-electron chi connectivity index (χ0n) is 14.6. The molecule has 0 nitrogen and oxygen atoms in total. The number of rotatable bonds is 3. The fourth-order valence-corrected chi connectivity index (χ4v) is 3.92. The Morgan fingerprint density at radius 2 is 0.679 bits per heavy atom. The maximum Gasteiger partial charge on any atom is 0.0485 e. The quantitative estimate of drug-likeness (QED) is 0.295. The predicted octanol–water partition coefficient (Wildman–Crippen LogP) is 9.30. The van der Waals surface area contributed by atoms with Gasteiger partial charge in [-0.25, -0.2) is 0 Å². The monoisotopic (exact) mass is 442 g/mol. The van der Waals surface area contributed by atoms with Crippen LogP contribution in [0.3, 0.4) is 0 Å². The lowest BCUT2D eigenvalue weighted by Gasteiger charge is -2.09. The first-order chi connectivity index (χ1) is 13.5. The van der Waals surface area contributed by atoms with Gasteiger partial charge in [0, 0.05) is 31.2 Å². The van der Waals surface area contributed by atoms with Crippen LogP contribution in [0.1, 0.15) is 0 Å². The Labute approximate surface area is 184 Å². The number of hydrogen-bond acceptors (Lipinski definition) is 0. The molecule has 0 aliphatic heterocycles. The summed E-state index contributed by atoms with van der Waals surface area (Å²) in [4.78, 5) is 0. The van der Waals surface area contributed by atoms with Crippen molar-refractivity contribution in [2.45, 2.75) is 0 Å². The van der Waals surface area contributed by atoms with Gasteiger partial charge in [0.2, 0.25) is 0 Å².